The second-order valence-electron chi connectivity index (χ2n) is 5.08. The van der Waals surface area contributed by atoms with Crippen molar-refractivity contribution in [2.24, 2.45) is 0 Å². The molecule has 1 aliphatic rings. The molecule has 0 saturated heterocycles. The molecule has 3 rings (SSSR count). The summed E-state index contributed by atoms with van der Waals surface area (Å²) in [5.74, 6) is 0.162. The van der Waals surface area contributed by atoms with E-state index in [4.69, 9.17) is 5.73 Å². The van der Waals surface area contributed by atoms with Crippen molar-refractivity contribution >= 4 is 11.6 Å². The molecule has 2 aromatic carbocycles. The lowest BCUT2D eigenvalue weighted by atomic mass is 9.77. The molecule has 4 N–H and O–H groups in total. The van der Waals surface area contributed by atoms with E-state index >= 15 is 0 Å². The summed E-state index contributed by atoms with van der Waals surface area (Å²) in [4.78, 5) is 12.1. The molecular weight excluding hydrogens is 252 g/mol. The molecule has 20 heavy (non-hydrogen) atoms. The van der Waals surface area contributed by atoms with Gasteiger partial charge in [-0.3, -0.25) is 4.79 Å². The summed E-state index contributed by atoms with van der Waals surface area (Å²) < 4.78 is 0. The van der Waals surface area contributed by atoms with Gasteiger partial charge >= 0.3 is 0 Å². The minimum Gasteiger partial charge on any atom is -0.508 e. The molecule has 1 aliphatic carbocycles. The Kier molecular flexibility index (Phi) is 3.06. The van der Waals surface area contributed by atoms with Crippen molar-refractivity contribution in [3.8, 4) is 5.75 Å². The number of phenolic OH excluding ortho intramolecular Hbond substituents is 1. The third kappa shape index (κ3) is 2.20. The van der Waals surface area contributed by atoms with Crippen molar-refractivity contribution in [3.63, 3.8) is 0 Å². The van der Waals surface area contributed by atoms with Crippen LogP contribution < -0.4 is 11.1 Å². The quantitative estimate of drug-likeness (QED) is 0.589. The smallest absolute Gasteiger partial charge is 0.253 e. The molecule has 2 aromatic rings. The number of hydrogen-bond acceptors (Lipinski definition) is 3. The topological polar surface area (TPSA) is 75.3 Å². The molecule has 1 unspecified atom stereocenters. The zero-order valence-corrected chi connectivity index (χ0v) is 11.0. The standard InChI is InChI=1S/C16H16N2O2/c17-15-6-5-12(19)8-14(15)16(20)18-9-11-7-10-3-1-2-4-13(10)11/h1-6,8,11,19H,7,9,17H2,(H,18,20). The van der Waals surface area contributed by atoms with Crippen LogP contribution in [0.1, 0.15) is 27.4 Å². The first-order valence-electron chi connectivity index (χ1n) is 6.59. The van der Waals surface area contributed by atoms with Gasteiger partial charge in [-0.15, -0.1) is 0 Å². The third-order valence-corrected chi connectivity index (χ3v) is 3.75. The lowest BCUT2D eigenvalue weighted by Crippen LogP contribution is -2.33. The van der Waals surface area contributed by atoms with Gasteiger partial charge in [-0.2, -0.15) is 0 Å². The Bertz CT molecular complexity index is 667. The SMILES string of the molecule is Nc1ccc(O)cc1C(=O)NCC1Cc2ccccc21. The van der Waals surface area contributed by atoms with E-state index in [1.807, 2.05) is 12.1 Å². The minimum absolute atomic E-state index is 0.0401. The Labute approximate surface area is 117 Å². The molecule has 1 amide bonds. The summed E-state index contributed by atoms with van der Waals surface area (Å²) in [6, 6.07) is 12.6. The number of carbonyl (C=O) groups is 1. The maximum absolute atomic E-state index is 12.1. The van der Waals surface area contributed by atoms with Crippen LogP contribution in [-0.2, 0) is 6.42 Å². The predicted octanol–water partition coefficient (Wildman–Crippen LogP) is 2.04. The molecule has 0 radical (unpaired) electrons. The van der Waals surface area contributed by atoms with Crippen LogP contribution in [0.15, 0.2) is 42.5 Å². The van der Waals surface area contributed by atoms with Crippen LogP contribution in [0.25, 0.3) is 0 Å². The number of amides is 1. The molecule has 0 spiro atoms. The van der Waals surface area contributed by atoms with E-state index < -0.39 is 0 Å². The Morgan fingerprint density at radius 1 is 1.30 bits per heavy atom. The van der Waals surface area contributed by atoms with Crippen molar-refractivity contribution in [1.29, 1.82) is 0 Å². The Hall–Kier alpha value is -2.49. The molecule has 102 valence electrons. The van der Waals surface area contributed by atoms with Crippen LogP contribution in [0.3, 0.4) is 0 Å². The molecule has 0 saturated carbocycles. The fraction of sp³-hybridized carbons (Fsp3) is 0.188. The van der Waals surface area contributed by atoms with Crippen LogP contribution in [0.5, 0.6) is 5.75 Å². The molecule has 0 aromatic heterocycles. The zero-order valence-electron chi connectivity index (χ0n) is 11.0. The molecule has 4 nitrogen and oxygen atoms in total. The number of benzene rings is 2. The third-order valence-electron chi connectivity index (χ3n) is 3.75. The highest BCUT2D eigenvalue weighted by atomic mass is 16.3. The maximum Gasteiger partial charge on any atom is 0.253 e. The Balaban J connectivity index is 1.65. The largest absolute Gasteiger partial charge is 0.508 e. The van der Waals surface area contributed by atoms with E-state index in [1.165, 1.54) is 29.3 Å². The normalized spacial score (nSPS) is 16.1. The van der Waals surface area contributed by atoms with Gasteiger partial charge in [0.15, 0.2) is 0 Å². The number of nitrogens with two attached hydrogens (primary N) is 1. The zero-order chi connectivity index (χ0) is 14.1. The average molecular weight is 268 g/mol. The number of aromatic hydroxyl groups is 1. The highest BCUT2D eigenvalue weighted by molar-refractivity contribution is 5.99. The summed E-state index contributed by atoms with van der Waals surface area (Å²) in [6.07, 6.45) is 0.992. The number of fused-ring (bicyclic) bond motifs is 1. The number of nitrogen functional groups attached to an aromatic ring is 1. The molecule has 0 fully saturated rings. The Morgan fingerprint density at radius 2 is 2.10 bits per heavy atom. The summed E-state index contributed by atoms with van der Waals surface area (Å²) in [5.41, 5.74) is 9.09. The number of phenols is 1. The van der Waals surface area contributed by atoms with E-state index in [2.05, 4.69) is 17.4 Å². The second-order valence-corrected chi connectivity index (χ2v) is 5.08. The van der Waals surface area contributed by atoms with Crippen molar-refractivity contribution in [3.05, 3.63) is 59.2 Å². The average Bonchev–Trinajstić information content (AvgIpc) is 2.42. The molecule has 0 bridgehead atoms. The van der Waals surface area contributed by atoms with Gasteiger partial charge < -0.3 is 16.2 Å². The van der Waals surface area contributed by atoms with Crippen LogP contribution >= 0.6 is 0 Å². The fourth-order valence-electron chi connectivity index (χ4n) is 2.60. The molecule has 0 aliphatic heterocycles. The lowest BCUT2D eigenvalue weighted by molar-refractivity contribution is 0.0950. The second kappa shape index (κ2) is 4.89. The van der Waals surface area contributed by atoms with Crippen LogP contribution in [0, 0.1) is 0 Å². The van der Waals surface area contributed by atoms with Crippen LogP contribution in [0.2, 0.25) is 0 Å². The van der Waals surface area contributed by atoms with Gasteiger partial charge in [-0.05, 0) is 35.7 Å². The first-order valence-corrected chi connectivity index (χ1v) is 6.59. The Morgan fingerprint density at radius 3 is 2.90 bits per heavy atom. The fourth-order valence-corrected chi connectivity index (χ4v) is 2.60. The van der Waals surface area contributed by atoms with Gasteiger partial charge in [0, 0.05) is 18.2 Å². The predicted molar refractivity (Wildman–Crippen MR) is 77.7 cm³/mol. The maximum atomic E-state index is 12.1. The van der Waals surface area contributed by atoms with E-state index in [9.17, 15) is 9.90 Å². The number of rotatable bonds is 3. The van der Waals surface area contributed by atoms with E-state index in [-0.39, 0.29) is 11.7 Å². The monoisotopic (exact) mass is 268 g/mol. The van der Waals surface area contributed by atoms with Crippen LogP contribution in [-0.4, -0.2) is 17.6 Å². The highest BCUT2D eigenvalue weighted by Gasteiger charge is 2.25. The van der Waals surface area contributed by atoms with Gasteiger partial charge in [-0.1, -0.05) is 24.3 Å². The highest BCUT2D eigenvalue weighted by Crippen LogP contribution is 2.34. The van der Waals surface area contributed by atoms with E-state index in [1.54, 1.807) is 0 Å². The molecule has 1 atom stereocenters. The number of hydrogen-bond donors (Lipinski definition) is 3. The van der Waals surface area contributed by atoms with Crippen molar-refractivity contribution in [2.45, 2.75) is 12.3 Å². The van der Waals surface area contributed by atoms with Crippen molar-refractivity contribution < 1.29 is 9.90 Å². The first kappa shape index (κ1) is 12.5. The summed E-state index contributed by atoms with van der Waals surface area (Å²) in [5, 5.41) is 12.3. The van der Waals surface area contributed by atoms with Gasteiger partial charge in [0.25, 0.3) is 5.91 Å². The van der Waals surface area contributed by atoms with Crippen molar-refractivity contribution in [1.82, 2.24) is 5.32 Å². The number of nitrogens with one attached hydrogen (secondary N) is 1. The van der Waals surface area contributed by atoms with Gasteiger partial charge in [0.2, 0.25) is 0 Å². The number of anilines is 1. The minimum atomic E-state index is -0.247. The summed E-state index contributed by atoms with van der Waals surface area (Å²) in [7, 11) is 0. The summed E-state index contributed by atoms with van der Waals surface area (Å²) in [6.45, 7) is 0.588. The first-order chi connectivity index (χ1) is 9.65. The van der Waals surface area contributed by atoms with Gasteiger partial charge in [-0.25, -0.2) is 0 Å². The number of carbonyl (C=O) groups excluding carboxylic acids is 1. The van der Waals surface area contributed by atoms with Gasteiger partial charge in [0.1, 0.15) is 5.75 Å². The van der Waals surface area contributed by atoms with Crippen molar-refractivity contribution in [2.75, 3.05) is 12.3 Å². The van der Waals surface area contributed by atoms with E-state index in [0.717, 1.165) is 6.42 Å². The van der Waals surface area contributed by atoms with Gasteiger partial charge in [0.05, 0.1) is 5.56 Å². The molecular formula is C16H16N2O2. The molecule has 4 heteroatoms. The summed E-state index contributed by atoms with van der Waals surface area (Å²) >= 11 is 0. The molecule has 0 heterocycles. The lowest BCUT2D eigenvalue weighted by Gasteiger charge is -2.30. The van der Waals surface area contributed by atoms with Crippen LogP contribution in [0.4, 0.5) is 5.69 Å². The van der Waals surface area contributed by atoms with E-state index in [0.29, 0.717) is 23.7 Å².